The molecule has 1 atom stereocenters. The van der Waals surface area contributed by atoms with Crippen molar-refractivity contribution >= 4 is 17.7 Å². The van der Waals surface area contributed by atoms with Gasteiger partial charge >= 0.3 is 5.97 Å². The Morgan fingerprint density at radius 2 is 2.18 bits per heavy atom. The van der Waals surface area contributed by atoms with Gasteiger partial charge in [-0.2, -0.15) is 8.78 Å². The third-order valence-electron chi connectivity index (χ3n) is 0.990. The molecular weight excluding hydrogens is 176 g/mol. The Labute approximate surface area is 66.9 Å². The zero-order valence-electron chi connectivity index (χ0n) is 5.67. The van der Waals surface area contributed by atoms with Crippen LogP contribution in [0.4, 0.5) is 8.78 Å². The molecule has 0 rings (SSSR count). The van der Waals surface area contributed by atoms with Crippen LogP contribution in [0.5, 0.6) is 0 Å². The van der Waals surface area contributed by atoms with Gasteiger partial charge in [-0.1, -0.05) is 11.8 Å². The van der Waals surface area contributed by atoms with E-state index in [1.165, 1.54) is 0 Å². The Morgan fingerprint density at radius 3 is 2.55 bits per heavy atom. The van der Waals surface area contributed by atoms with E-state index in [-0.39, 0.29) is 12.2 Å². The molecular formula is C5H9F2NO2S. The maximum absolute atomic E-state index is 11.5. The van der Waals surface area contributed by atoms with Crippen LogP contribution in [0.1, 0.15) is 6.42 Å². The van der Waals surface area contributed by atoms with Crippen LogP contribution in [0.3, 0.4) is 0 Å². The monoisotopic (exact) mass is 185 g/mol. The Morgan fingerprint density at radius 1 is 1.64 bits per heavy atom. The molecule has 0 fully saturated rings. The minimum atomic E-state index is -2.45. The second-order valence-electron chi connectivity index (χ2n) is 1.86. The Kier molecular flexibility index (Phi) is 5.14. The Hall–Kier alpha value is -0.360. The summed E-state index contributed by atoms with van der Waals surface area (Å²) in [5.74, 6) is -3.53. The van der Waals surface area contributed by atoms with E-state index in [1.54, 1.807) is 0 Å². The number of alkyl halides is 2. The van der Waals surface area contributed by atoms with Gasteiger partial charge in [0.15, 0.2) is 0 Å². The SMILES string of the molecule is NC(CCSC(F)F)C(=O)O. The number of hydrogen-bond acceptors (Lipinski definition) is 3. The van der Waals surface area contributed by atoms with Gasteiger partial charge < -0.3 is 10.8 Å². The van der Waals surface area contributed by atoms with Gasteiger partial charge in [-0.05, 0) is 6.42 Å². The topological polar surface area (TPSA) is 63.3 Å². The molecule has 0 heterocycles. The Bertz CT molecular complexity index is 134. The zero-order chi connectivity index (χ0) is 8.85. The fraction of sp³-hybridized carbons (Fsp3) is 0.800. The lowest BCUT2D eigenvalue weighted by atomic mass is 10.2. The number of halogens is 2. The summed E-state index contributed by atoms with van der Waals surface area (Å²) in [4.78, 5) is 10.1. The highest BCUT2D eigenvalue weighted by molar-refractivity contribution is 7.99. The highest BCUT2D eigenvalue weighted by Gasteiger charge is 2.12. The molecule has 0 aliphatic heterocycles. The van der Waals surface area contributed by atoms with Crippen molar-refractivity contribution in [2.24, 2.45) is 5.73 Å². The number of nitrogens with two attached hydrogens (primary N) is 1. The predicted octanol–water partition coefficient (Wildman–Crippen LogP) is 0.744. The minimum absolute atomic E-state index is 0.0737. The van der Waals surface area contributed by atoms with Crippen LogP contribution < -0.4 is 5.73 Å². The van der Waals surface area contributed by atoms with E-state index >= 15 is 0 Å². The van der Waals surface area contributed by atoms with Crippen LogP contribution >= 0.6 is 11.8 Å². The third-order valence-corrected chi connectivity index (χ3v) is 1.71. The lowest BCUT2D eigenvalue weighted by Crippen LogP contribution is -2.30. The molecule has 0 saturated heterocycles. The lowest BCUT2D eigenvalue weighted by molar-refractivity contribution is -0.138. The molecule has 0 aliphatic rings. The van der Waals surface area contributed by atoms with Gasteiger partial charge in [0.2, 0.25) is 0 Å². The average molecular weight is 185 g/mol. The van der Waals surface area contributed by atoms with E-state index in [4.69, 9.17) is 10.8 Å². The van der Waals surface area contributed by atoms with Crippen molar-refractivity contribution in [2.75, 3.05) is 5.75 Å². The second kappa shape index (κ2) is 5.31. The summed E-state index contributed by atoms with van der Waals surface area (Å²) in [5, 5.41) is 8.23. The molecule has 66 valence electrons. The van der Waals surface area contributed by atoms with Crippen molar-refractivity contribution in [2.45, 2.75) is 18.2 Å². The van der Waals surface area contributed by atoms with Gasteiger partial charge in [0, 0.05) is 5.75 Å². The molecule has 0 saturated carbocycles. The van der Waals surface area contributed by atoms with Crippen LogP contribution in [-0.4, -0.2) is 28.6 Å². The van der Waals surface area contributed by atoms with Crippen molar-refractivity contribution in [1.29, 1.82) is 0 Å². The van der Waals surface area contributed by atoms with Gasteiger partial charge in [0.05, 0.1) is 0 Å². The molecule has 0 radical (unpaired) electrons. The van der Waals surface area contributed by atoms with E-state index in [9.17, 15) is 13.6 Å². The first-order chi connectivity index (χ1) is 5.04. The highest BCUT2D eigenvalue weighted by Crippen LogP contribution is 2.14. The summed E-state index contributed by atoms with van der Waals surface area (Å²) in [7, 11) is 0. The lowest BCUT2D eigenvalue weighted by Gasteiger charge is -2.04. The van der Waals surface area contributed by atoms with Crippen molar-refractivity contribution < 1.29 is 18.7 Å². The minimum Gasteiger partial charge on any atom is -0.480 e. The van der Waals surface area contributed by atoms with Gasteiger partial charge in [-0.3, -0.25) is 4.79 Å². The number of carboxylic acid groups (broad SMARTS) is 1. The number of thioether (sulfide) groups is 1. The van der Waals surface area contributed by atoms with Gasteiger partial charge in [0.25, 0.3) is 5.76 Å². The Balaban J connectivity index is 3.31. The number of carbonyl (C=O) groups is 1. The van der Waals surface area contributed by atoms with E-state index < -0.39 is 17.8 Å². The average Bonchev–Trinajstić information content (AvgIpc) is 1.86. The van der Waals surface area contributed by atoms with Gasteiger partial charge in [-0.15, -0.1) is 0 Å². The number of carboxylic acids is 1. The predicted molar refractivity (Wildman–Crippen MR) is 38.7 cm³/mol. The molecule has 0 aliphatic carbocycles. The quantitative estimate of drug-likeness (QED) is 0.663. The summed E-state index contributed by atoms with van der Waals surface area (Å²) < 4.78 is 22.9. The molecule has 0 aromatic carbocycles. The van der Waals surface area contributed by atoms with E-state index in [0.717, 1.165) is 0 Å². The molecule has 3 nitrogen and oxygen atoms in total. The van der Waals surface area contributed by atoms with Crippen LogP contribution in [-0.2, 0) is 4.79 Å². The van der Waals surface area contributed by atoms with Gasteiger partial charge in [0.1, 0.15) is 6.04 Å². The first-order valence-electron chi connectivity index (χ1n) is 2.92. The second-order valence-corrected chi connectivity index (χ2v) is 2.96. The van der Waals surface area contributed by atoms with Crippen molar-refractivity contribution in [1.82, 2.24) is 0 Å². The molecule has 0 bridgehead atoms. The normalized spacial score (nSPS) is 13.5. The largest absolute Gasteiger partial charge is 0.480 e. The molecule has 0 aromatic rings. The molecule has 0 aromatic heterocycles. The summed E-state index contributed by atoms with van der Waals surface area (Å²) in [6, 6.07) is -1.03. The maximum Gasteiger partial charge on any atom is 0.320 e. The van der Waals surface area contributed by atoms with Crippen LogP contribution in [0.15, 0.2) is 0 Å². The highest BCUT2D eigenvalue weighted by atomic mass is 32.2. The number of rotatable bonds is 5. The summed E-state index contributed by atoms with van der Waals surface area (Å²) in [5.41, 5.74) is 5.04. The first-order valence-corrected chi connectivity index (χ1v) is 3.97. The van der Waals surface area contributed by atoms with Crippen molar-refractivity contribution in [3.05, 3.63) is 0 Å². The molecule has 1 unspecified atom stereocenters. The molecule has 6 heteroatoms. The van der Waals surface area contributed by atoms with E-state index in [0.29, 0.717) is 11.8 Å². The number of aliphatic carboxylic acids is 1. The summed E-state index contributed by atoms with van der Waals surface area (Å²) in [6.45, 7) is 0. The van der Waals surface area contributed by atoms with E-state index in [1.807, 2.05) is 0 Å². The zero-order valence-corrected chi connectivity index (χ0v) is 6.48. The van der Waals surface area contributed by atoms with Crippen LogP contribution in [0.2, 0.25) is 0 Å². The summed E-state index contributed by atoms with van der Waals surface area (Å²) >= 11 is 0.400. The smallest absolute Gasteiger partial charge is 0.320 e. The standard InChI is InChI=1S/C5H9F2NO2S/c6-5(7)11-2-1-3(8)4(9)10/h3,5H,1-2,8H2,(H,9,10). The molecule has 11 heavy (non-hydrogen) atoms. The molecule has 0 amide bonds. The first kappa shape index (κ1) is 10.6. The molecule has 0 spiro atoms. The van der Waals surface area contributed by atoms with Crippen LogP contribution in [0.25, 0.3) is 0 Å². The number of hydrogen-bond donors (Lipinski definition) is 2. The van der Waals surface area contributed by atoms with Gasteiger partial charge in [-0.25, -0.2) is 0 Å². The third kappa shape index (κ3) is 6.05. The van der Waals surface area contributed by atoms with Crippen molar-refractivity contribution in [3.8, 4) is 0 Å². The fourth-order valence-corrected chi connectivity index (χ4v) is 0.976. The fourth-order valence-electron chi connectivity index (χ4n) is 0.408. The summed E-state index contributed by atoms with van der Waals surface area (Å²) in [6.07, 6.45) is 0.0737. The van der Waals surface area contributed by atoms with Crippen molar-refractivity contribution in [3.63, 3.8) is 0 Å². The molecule has 3 N–H and O–H groups in total. The van der Waals surface area contributed by atoms with Crippen LogP contribution in [0, 0.1) is 0 Å². The van der Waals surface area contributed by atoms with E-state index in [2.05, 4.69) is 0 Å². The maximum atomic E-state index is 11.5.